The fraction of sp³-hybridized carbons (Fsp3) is 0.500. The van der Waals surface area contributed by atoms with Crippen molar-refractivity contribution in [2.45, 2.75) is 0 Å². The maximum absolute atomic E-state index is 8.38. The summed E-state index contributed by atoms with van der Waals surface area (Å²) < 4.78 is 0.986. The van der Waals surface area contributed by atoms with Crippen LogP contribution in [0.15, 0.2) is 4.99 Å². The van der Waals surface area contributed by atoms with E-state index in [2.05, 4.69) is 4.99 Å². The van der Waals surface area contributed by atoms with Crippen molar-refractivity contribution < 1.29 is 5.21 Å². The van der Waals surface area contributed by atoms with Gasteiger partial charge in [-0.15, -0.1) is 0 Å². The van der Waals surface area contributed by atoms with Gasteiger partial charge in [0.1, 0.15) is 12.2 Å². The third-order valence-electron chi connectivity index (χ3n) is 0.445. The van der Waals surface area contributed by atoms with Gasteiger partial charge in [0, 0.05) is 11.9 Å². The first-order valence-corrected chi connectivity index (χ1v) is 2.45. The minimum absolute atomic E-state index is 0.649. The highest BCUT2D eigenvalue weighted by Gasteiger charge is 1.97. The van der Waals surface area contributed by atoms with Crippen molar-refractivity contribution in [2.75, 3.05) is 5.88 Å². The molecule has 0 spiro atoms. The molecule has 0 aliphatic carbocycles. The van der Waals surface area contributed by atoms with E-state index in [1.807, 2.05) is 0 Å². The summed E-state index contributed by atoms with van der Waals surface area (Å²) in [5.74, 6) is 0.649. The zero-order chi connectivity index (χ0) is 4.41. The van der Waals surface area contributed by atoms with E-state index in [9.17, 15) is 0 Å². The molecule has 1 aliphatic heterocycles. The highest BCUT2D eigenvalue weighted by Crippen LogP contribution is 2.08. The predicted molar refractivity (Wildman–Crippen MR) is 24.6 cm³/mol. The second-order valence-electron chi connectivity index (χ2n) is 0.859. The zero-order valence-electron chi connectivity index (χ0n) is 3.03. The molecule has 0 aromatic heterocycles. The van der Waals surface area contributed by atoms with Crippen LogP contribution >= 0.6 is 11.9 Å². The quantitative estimate of drug-likeness (QED) is 0.450. The number of hydrogen-bond acceptors (Lipinski definition) is 4. The molecule has 4 heteroatoms. The average molecular weight is 104 g/mol. The topological polar surface area (TPSA) is 35.8 Å². The van der Waals surface area contributed by atoms with Crippen molar-refractivity contribution in [2.24, 2.45) is 4.99 Å². The molecule has 0 aromatic rings. The average Bonchev–Trinajstić information content (AvgIpc) is 1.86. The lowest BCUT2D eigenvalue weighted by Gasteiger charge is -1.95. The predicted octanol–water partition coefficient (Wildman–Crippen LogP) is 0.325. The van der Waals surface area contributed by atoms with Crippen LogP contribution in [0.4, 0.5) is 0 Å². The van der Waals surface area contributed by atoms with E-state index < -0.39 is 0 Å². The third-order valence-corrected chi connectivity index (χ3v) is 1.07. The van der Waals surface area contributed by atoms with E-state index in [1.165, 1.54) is 18.3 Å². The molecule has 34 valence electrons. The fourth-order valence-corrected chi connectivity index (χ4v) is 0.614. The highest BCUT2D eigenvalue weighted by molar-refractivity contribution is 7.97. The Morgan fingerprint density at radius 3 is 3.00 bits per heavy atom. The van der Waals surface area contributed by atoms with Crippen molar-refractivity contribution in [3.63, 3.8) is 0 Å². The maximum Gasteiger partial charge on any atom is 0.124 e. The summed E-state index contributed by atoms with van der Waals surface area (Å²) in [7, 11) is 0. The second-order valence-corrected chi connectivity index (χ2v) is 1.75. The Balaban J connectivity index is 2.38. The van der Waals surface area contributed by atoms with E-state index in [1.54, 1.807) is 0 Å². The number of nitrogens with zero attached hydrogens (tertiary/aromatic N) is 2. The van der Waals surface area contributed by atoms with Gasteiger partial charge in [0.2, 0.25) is 0 Å². The number of rotatable bonds is 0. The fourth-order valence-electron chi connectivity index (χ4n) is 0.229. The van der Waals surface area contributed by atoms with Crippen LogP contribution in [0, 0.1) is 0 Å². The van der Waals surface area contributed by atoms with E-state index in [0.717, 1.165) is 4.47 Å². The Labute approximate surface area is 39.8 Å². The first-order chi connectivity index (χ1) is 2.89. The molecule has 1 rings (SSSR count). The van der Waals surface area contributed by atoms with Crippen molar-refractivity contribution in [1.29, 1.82) is 0 Å². The van der Waals surface area contributed by atoms with Gasteiger partial charge in [0.05, 0.1) is 0 Å². The van der Waals surface area contributed by atoms with Crippen LogP contribution in [0.2, 0.25) is 0 Å². The Morgan fingerprint density at radius 1 is 2.00 bits per heavy atom. The molecule has 1 heterocycles. The standard InChI is InChI=1S/C2H4N2OS/c5-4-1-3-2-6-4/h1,5H,2H2. The van der Waals surface area contributed by atoms with Gasteiger partial charge in [-0.25, -0.2) is 0 Å². The van der Waals surface area contributed by atoms with Gasteiger partial charge in [-0.3, -0.25) is 10.2 Å². The molecule has 0 saturated carbocycles. The van der Waals surface area contributed by atoms with Crippen LogP contribution in [0.3, 0.4) is 0 Å². The molecule has 0 radical (unpaired) electrons. The summed E-state index contributed by atoms with van der Waals surface area (Å²) in [6.45, 7) is 0. The molecular formula is C2H4N2OS. The van der Waals surface area contributed by atoms with Gasteiger partial charge in [-0.05, 0) is 0 Å². The van der Waals surface area contributed by atoms with Crippen LogP contribution in [-0.2, 0) is 0 Å². The number of hydrogen-bond donors (Lipinski definition) is 1. The lowest BCUT2D eigenvalue weighted by atomic mass is 11.3. The summed E-state index contributed by atoms with van der Waals surface area (Å²) in [5.41, 5.74) is 0. The van der Waals surface area contributed by atoms with E-state index in [0.29, 0.717) is 5.88 Å². The molecule has 1 N–H and O–H groups in total. The summed E-state index contributed by atoms with van der Waals surface area (Å²) in [4.78, 5) is 3.68. The molecule has 6 heavy (non-hydrogen) atoms. The SMILES string of the molecule is ON1C=NCS1. The largest absolute Gasteiger partial charge is 0.277 e. The van der Waals surface area contributed by atoms with Crippen LogP contribution in [0.1, 0.15) is 0 Å². The minimum atomic E-state index is 0.649. The van der Waals surface area contributed by atoms with E-state index >= 15 is 0 Å². The van der Waals surface area contributed by atoms with Crippen LogP contribution < -0.4 is 0 Å². The van der Waals surface area contributed by atoms with Crippen LogP contribution in [0.25, 0.3) is 0 Å². The summed E-state index contributed by atoms with van der Waals surface area (Å²) in [5, 5.41) is 8.38. The van der Waals surface area contributed by atoms with Crippen molar-refractivity contribution in [1.82, 2.24) is 4.47 Å². The highest BCUT2D eigenvalue weighted by atomic mass is 32.2. The second kappa shape index (κ2) is 1.49. The molecule has 0 fully saturated rings. The Morgan fingerprint density at radius 2 is 2.83 bits per heavy atom. The molecule has 0 atom stereocenters. The third kappa shape index (κ3) is 0.636. The summed E-state index contributed by atoms with van der Waals surface area (Å²) in [6.07, 6.45) is 1.38. The Hall–Kier alpha value is -0.220. The maximum atomic E-state index is 8.38. The van der Waals surface area contributed by atoms with Gasteiger partial charge in [0.15, 0.2) is 0 Å². The normalized spacial score (nSPS) is 19.8. The first kappa shape index (κ1) is 3.95. The Kier molecular flexibility index (Phi) is 0.979. The monoisotopic (exact) mass is 104 g/mol. The number of aliphatic imine (C=N–C) groups is 1. The molecule has 0 saturated heterocycles. The molecular weight excluding hydrogens is 100 g/mol. The van der Waals surface area contributed by atoms with Gasteiger partial charge in [-0.2, -0.15) is 4.47 Å². The summed E-state index contributed by atoms with van der Waals surface area (Å²) in [6, 6.07) is 0. The lowest BCUT2D eigenvalue weighted by molar-refractivity contribution is 0.103. The first-order valence-electron chi connectivity index (χ1n) is 1.50. The zero-order valence-corrected chi connectivity index (χ0v) is 3.85. The van der Waals surface area contributed by atoms with Crippen molar-refractivity contribution in [3.8, 4) is 0 Å². The minimum Gasteiger partial charge on any atom is -0.277 e. The summed E-state index contributed by atoms with van der Waals surface area (Å²) >= 11 is 1.26. The van der Waals surface area contributed by atoms with E-state index in [-0.39, 0.29) is 0 Å². The molecule has 3 nitrogen and oxygen atoms in total. The van der Waals surface area contributed by atoms with Gasteiger partial charge in [0.25, 0.3) is 0 Å². The van der Waals surface area contributed by atoms with Crippen LogP contribution in [0.5, 0.6) is 0 Å². The molecule has 0 amide bonds. The van der Waals surface area contributed by atoms with Crippen molar-refractivity contribution in [3.05, 3.63) is 0 Å². The van der Waals surface area contributed by atoms with Gasteiger partial charge < -0.3 is 0 Å². The molecule has 0 bridgehead atoms. The van der Waals surface area contributed by atoms with Crippen molar-refractivity contribution >= 4 is 18.3 Å². The van der Waals surface area contributed by atoms with E-state index in [4.69, 9.17) is 5.21 Å². The van der Waals surface area contributed by atoms with Gasteiger partial charge >= 0.3 is 0 Å². The van der Waals surface area contributed by atoms with Crippen LogP contribution in [-0.4, -0.2) is 21.9 Å². The smallest absolute Gasteiger partial charge is 0.124 e. The lowest BCUT2D eigenvalue weighted by Crippen LogP contribution is -1.99. The molecule has 0 unspecified atom stereocenters. The number of hydroxylamine groups is 1. The molecule has 0 aromatic carbocycles. The molecule has 1 aliphatic rings. The Bertz CT molecular complexity index is 73.9. The van der Waals surface area contributed by atoms with Gasteiger partial charge in [-0.1, -0.05) is 0 Å².